The third-order valence-electron chi connectivity index (χ3n) is 3.43. The van der Waals surface area contributed by atoms with Crippen molar-refractivity contribution >= 4 is 5.91 Å². The number of carbonyl (C=O) groups excluding carboxylic acids is 1. The lowest BCUT2D eigenvalue weighted by Gasteiger charge is -2.24. The molecule has 0 heterocycles. The highest BCUT2D eigenvalue weighted by molar-refractivity contribution is 5.94. The smallest absolute Gasteiger partial charge is 0.256 e. The minimum atomic E-state index is -0.536. The van der Waals surface area contributed by atoms with Crippen LogP contribution in [0.25, 0.3) is 0 Å². The minimum Gasteiger partial charge on any atom is -0.339 e. The van der Waals surface area contributed by atoms with Gasteiger partial charge in [0, 0.05) is 18.7 Å². The van der Waals surface area contributed by atoms with Crippen LogP contribution in [-0.4, -0.2) is 30.4 Å². The summed E-state index contributed by atoms with van der Waals surface area (Å²) in [5, 5.41) is 0. The Bertz CT molecular complexity index is 545. The van der Waals surface area contributed by atoms with E-state index in [1.807, 2.05) is 6.92 Å². The summed E-state index contributed by atoms with van der Waals surface area (Å²) in [7, 11) is 0. The molecule has 4 heteroatoms. The third kappa shape index (κ3) is 4.87. The molecule has 3 nitrogen and oxygen atoms in total. The number of rotatable bonds is 5. The molecular formula is C17H23FN2O. The van der Waals surface area contributed by atoms with Gasteiger partial charge in [-0.3, -0.25) is 4.79 Å². The zero-order valence-electron chi connectivity index (χ0n) is 12.9. The predicted octanol–water partition coefficient (Wildman–Crippen LogP) is 2.64. The Morgan fingerprint density at radius 2 is 2.14 bits per heavy atom. The van der Waals surface area contributed by atoms with Crippen LogP contribution in [0, 0.1) is 23.6 Å². The first-order valence-electron chi connectivity index (χ1n) is 7.31. The van der Waals surface area contributed by atoms with E-state index in [0.717, 1.165) is 6.42 Å². The van der Waals surface area contributed by atoms with Crippen LogP contribution >= 0.6 is 0 Å². The molecule has 0 aliphatic heterocycles. The van der Waals surface area contributed by atoms with E-state index in [1.165, 1.54) is 12.1 Å². The highest BCUT2D eigenvalue weighted by Crippen LogP contribution is 2.14. The van der Waals surface area contributed by atoms with Crippen LogP contribution in [0.1, 0.15) is 43.1 Å². The van der Waals surface area contributed by atoms with Crippen molar-refractivity contribution in [2.24, 2.45) is 11.7 Å². The van der Waals surface area contributed by atoms with Gasteiger partial charge in [0.25, 0.3) is 5.91 Å². The zero-order valence-corrected chi connectivity index (χ0v) is 12.9. The molecule has 114 valence electrons. The summed E-state index contributed by atoms with van der Waals surface area (Å²) in [6, 6.07) is 4.43. The average molecular weight is 290 g/mol. The molecule has 1 amide bonds. The fourth-order valence-electron chi connectivity index (χ4n) is 1.95. The van der Waals surface area contributed by atoms with E-state index in [2.05, 4.69) is 25.7 Å². The number of nitrogens with zero attached hydrogens (tertiary/aromatic N) is 1. The molecule has 0 fully saturated rings. The van der Waals surface area contributed by atoms with Gasteiger partial charge in [0.1, 0.15) is 5.82 Å². The molecule has 1 rings (SSSR count). The molecule has 0 bridgehead atoms. The van der Waals surface area contributed by atoms with E-state index < -0.39 is 5.82 Å². The second kappa shape index (κ2) is 8.43. The Morgan fingerprint density at radius 1 is 1.43 bits per heavy atom. The molecule has 21 heavy (non-hydrogen) atoms. The topological polar surface area (TPSA) is 46.3 Å². The van der Waals surface area contributed by atoms with Crippen LogP contribution < -0.4 is 5.73 Å². The number of nitrogens with two attached hydrogens (primary N) is 1. The molecule has 0 aliphatic carbocycles. The first kappa shape index (κ1) is 17.2. The van der Waals surface area contributed by atoms with Crippen LogP contribution in [0.2, 0.25) is 0 Å². The monoisotopic (exact) mass is 290 g/mol. The largest absolute Gasteiger partial charge is 0.339 e. The summed E-state index contributed by atoms with van der Waals surface area (Å²) < 4.78 is 14.1. The second-order valence-corrected chi connectivity index (χ2v) is 5.06. The Morgan fingerprint density at radius 3 is 2.67 bits per heavy atom. The number of halogens is 1. The van der Waals surface area contributed by atoms with Crippen LogP contribution in [0.15, 0.2) is 18.2 Å². The van der Waals surface area contributed by atoms with Gasteiger partial charge in [-0.05, 0) is 31.0 Å². The van der Waals surface area contributed by atoms with Crippen molar-refractivity contribution in [1.82, 2.24) is 4.90 Å². The van der Waals surface area contributed by atoms with Gasteiger partial charge in [0.15, 0.2) is 0 Å². The van der Waals surface area contributed by atoms with Crippen molar-refractivity contribution in [1.29, 1.82) is 0 Å². The normalized spacial score (nSPS) is 11.5. The van der Waals surface area contributed by atoms with Crippen molar-refractivity contribution in [3.63, 3.8) is 0 Å². The first-order chi connectivity index (χ1) is 10.0. The van der Waals surface area contributed by atoms with Gasteiger partial charge in [-0.15, -0.1) is 0 Å². The van der Waals surface area contributed by atoms with E-state index in [4.69, 9.17) is 5.73 Å². The number of amides is 1. The Balaban J connectivity index is 2.95. The van der Waals surface area contributed by atoms with Gasteiger partial charge in [-0.2, -0.15) is 0 Å². The molecular weight excluding hydrogens is 267 g/mol. The molecule has 0 aromatic heterocycles. The highest BCUT2D eigenvalue weighted by Gasteiger charge is 2.19. The number of carbonyl (C=O) groups is 1. The van der Waals surface area contributed by atoms with Crippen LogP contribution in [0.3, 0.4) is 0 Å². The van der Waals surface area contributed by atoms with Crippen molar-refractivity contribution in [3.05, 3.63) is 35.1 Å². The second-order valence-electron chi connectivity index (χ2n) is 5.06. The van der Waals surface area contributed by atoms with Gasteiger partial charge in [0.2, 0.25) is 0 Å². The molecule has 0 aliphatic rings. The Kier molecular flexibility index (Phi) is 6.90. The molecule has 0 radical (unpaired) electrons. The van der Waals surface area contributed by atoms with Crippen LogP contribution in [0.5, 0.6) is 0 Å². The van der Waals surface area contributed by atoms with Crippen molar-refractivity contribution < 1.29 is 9.18 Å². The van der Waals surface area contributed by atoms with Crippen LogP contribution in [-0.2, 0) is 0 Å². The summed E-state index contributed by atoms with van der Waals surface area (Å²) in [5.41, 5.74) is 5.90. The lowest BCUT2D eigenvalue weighted by Crippen LogP contribution is -2.35. The Hall–Kier alpha value is -1.86. The summed E-state index contributed by atoms with van der Waals surface area (Å²) in [6.45, 7) is 7.49. The fourth-order valence-corrected chi connectivity index (χ4v) is 1.95. The SMILES string of the molecule is CCC(C)CN(CC)C(=O)c1ccc(C#CCN)cc1F. The maximum atomic E-state index is 14.1. The first-order valence-corrected chi connectivity index (χ1v) is 7.31. The molecule has 1 aromatic rings. The van der Waals surface area contributed by atoms with E-state index in [9.17, 15) is 9.18 Å². The lowest BCUT2D eigenvalue weighted by molar-refractivity contribution is 0.0736. The van der Waals surface area contributed by atoms with Gasteiger partial charge in [-0.25, -0.2) is 4.39 Å². The average Bonchev–Trinajstić information content (AvgIpc) is 2.49. The quantitative estimate of drug-likeness (QED) is 0.847. The maximum absolute atomic E-state index is 14.1. The lowest BCUT2D eigenvalue weighted by atomic mass is 10.1. The van der Waals surface area contributed by atoms with Crippen molar-refractivity contribution in [2.45, 2.75) is 27.2 Å². The summed E-state index contributed by atoms with van der Waals surface area (Å²) >= 11 is 0. The molecule has 0 saturated carbocycles. The van der Waals surface area contributed by atoms with E-state index in [1.54, 1.807) is 11.0 Å². The maximum Gasteiger partial charge on any atom is 0.256 e. The number of benzene rings is 1. The van der Waals surface area contributed by atoms with Gasteiger partial charge in [-0.1, -0.05) is 32.1 Å². The zero-order chi connectivity index (χ0) is 15.8. The Labute approximate surface area is 126 Å². The molecule has 1 aromatic carbocycles. The van der Waals surface area contributed by atoms with Gasteiger partial charge < -0.3 is 10.6 Å². The van der Waals surface area contributed by atoms with E-state index in [0.29, 0.717) is 24.6 Å². The molecule has 0 saturated heterocycles. The fraction of sp³-hybridized carbons (Fsp3) is 0.471. The molecule has 2 N–H and O–H groups in total. The van der Waals surface area contributed by atoms with Gasteiger partial charge in [0.05, 0.1) is 12.1 Å². The van der Waals surface area contributed by atoms with Crippen molar-refractivity contribution in [3.8, 4) is 11.8 Å². The van der Waals surface area contributed by atoms with Crippen molar-refractivity contribution in [2.75, 3.05) is 19.6 Å². The molecule has 0 spiro atoms. The summed E-state index contributed by atoms with van der Waals surface area (Å²) in [6.07, 6.45) is 0.986. The highest BCUT2D eigenvalue weighted by atomic mass is 19.1. The van der Waals surface area contributed by atoms with E-state index in [-0.39, 0.29) is 18.0 Å². The van der Waals surface area contributed by atoms with Gasteiger partial charge >= 0.3 is 0 Å². The molecule has 1 unspecified atom stereocenters. The summed E-state index contributed by atoms with van der Waals surface area (Å²) in [4.78, 5) is 14.1. The summed E-state index contributed by atoms with van der Waals surface area (Å²) in [5.74, 6) is 5.01. The predicted molar refractivity (Wildman–Crippen MR) is 83.4 cm³/mol. The third-order valence-corrected chi connectivity index (χ3v) is 3.43. The molecule has 1 atom stereocenters. The number of hydrogen-bond donors (Lipinski definition) is 1. The minimum absolute atomic E-state index is 0.0958. The van der Waals surface area contributed by atoms with Crippen LogP contribution in [0.4, 0.5) is 4.39 Å². The number of hydrogen-bond acceptors (Lipinski definition) is 2. The standard InChI is InChI=1S/C17H23FN2O/c1-4-13(3)12-20(5-2)17(21)15-9-8-14(7-6-10-19)11-16(15)18/h8-9,11,13H,4-5,10,12,19H2,1-3H3. The van der Waals surface area contributed by atoms with E-state index >= 15 is 0 Å².